The van der Waals surface area contributed by atoms with Crippen LogP contribution in [-0.2, 0) is 29.1 Å². The van der Waals surface area contributed by atoms with Gasteiger partial charge in [0.2, 0.25) is 5.91 Å². The molecule has 0 aromatic heterocycles. The molecule has 8 heteroatoms. The largest absolute Gasteiger partial charge is 0.493 e. The van der Waals surface area contributed by atoms with E-state index in [1.165, 1.54) is 12.1 Å². The minimum Gasteiger partial charge on any atom is -0.493 e. The van der Waals surface area contributed by atoms with Crippen LogP contribution in [0.15, 0.2) is 36.4 Å². The lowest BCUT2D eigenvalue weighted by molar-refractivity contribution is -0.137. The number of amides is 1. The van der Waals surface area contributed by atoms with Crippen LogP contribution in [0, 0.1) is 11.6 Å². The predicted molar refractivity (Wildman–Crippen MR) is 115 cm³/mol. The molecule has 0 spiro atoms. The number of aliphatic carboxylic acids is 1. The van der Waals surface area contributed by atoms with Crippen LogP contribution in [0.4, 0.5) is 8.78 Å². The molecule has 1 heterocycles. The van der Waals surface area contributed by atoms with E-state index < -0.39 is 17.6 Å². The smallest absolute Gasteiger partial charge is 0.303 e. The summed E-state index contributed by atoms with van der Waals surface area (Å²) in [6.45, 7) is 1.38. The van der Waals surface area contributed by atoms with E-state index >= 15 is 0 Å². The molecule has 3 rings (SSSR count). The molecule has 2 aromatic rings. The van der Waals surface area contributed by atoms with Crippen LogP contribution in [0.2, 0.25) is 0 Å². The SMILES string of the molecule is O=C(O)CCc1ccc2c(c1)CN(Cc1cccc(F)c1F)CC(=O)NCCCCCO2. The summed E-state index contributed by atoms with van der Waals surface area (Å²) in [5, 5.41) is 11.9. The van der Waals surface area contributed by atoms with Crippen molar-refractivity contribution in [3.63, 3.8) is 0 Å². The van der Waals surface area contributed by atoms with Crippen LogP contribution in [0.1, 0.15) is 42.4 Å². The molecule has 0 bridgehead atoms. The number of nitrogens with one attached hydrogen (secondary N) is 1. The molecule has 0 unspecified atom stereocenters. The predicted octanol–water partition coefficient (Wildman–Crippen LogP) is 3.66. The number of hydrogen-bond acceptors (Lipinski definition) is 4. The van der Waals surface area contributed by atoms with Gasteiger partial charge in [0.25, 0.3) is 0 Å². The Bertz CT molecular complexity index is 952. The first-order chi connectivity index (χ1) is 15.4. The molecule has 0 atom stereocenters. The summed E-state index contributed by atoms with van der Waals surface area (Å²) in [4.78, 5) is 25.2. The molecular weight excluding hydrogens is 418 g/mol. The number of fused-ring (bicyclic) bond motifs is 1. The molecule has 1 aliphatic heterocycles. The molecule has 2 aromatic carbocycles. The van der Waals surface area contributed by atoms with Gasteiger partial charge in [-0.05, 0) is 43.4 Å². The molecule has 172 valence electrons. The summed E-state index contributed by atoms with van der Waals surface area (Å²) in [5.74, 6) is -2.29. The average molecular weight is 446 g/mol. The van der Waals surface area contributed by atoms with Crippen molar-refractivity contribution < 1.29 is 28.2 Å². The number of aryl methyl sites for hydroxylation is 1. The van der Waals surface area contributed by atoms with Gasteiger partial charge in [0, 0.05) is 37.2 Å². The van der Waals surface area contributed by atoms with Crippen LogP contribution in [0.25, 0.3) is 0 Å². The second-order valence-corrected chi connectivity index (χ2v) is 7.95. The number of carboxylic acid groups (broad SMARTS) is 1. The van der Waals surface area contributed by atoms with Crippen LogP contribution < -0.4 is 10.1 Å². The summed E-state index contributed by atoms with van der Waals surface area (Å²) in [6, 6.07) is 9.51. The van der Waals surface area contributed by atoms with E-state index in [2.05, 4.69) is 5.32 Å². The lowest BCUT2D eigenvalue weighted by atomic mass is 10.0. The van der Waals surface area contributed by atoms with Gasteiger partial charge in [0.1, 0.15) is 5.75 Å². The van der Waals surface area contributed by atoms with Gasteiger partial charge in [-0.25, -0.2) is 8.78 Å². The van der Waals surface area contributed by atoms with E-state index in [1.54, 1.807) is 4.90 Å². The second-order valence-electron chi connectivity index (χ2n) is 7.95. The van der Waals surface area contributed by atoms with E-state index in [-0.39, 0.29) is 37.5 Å². The van der Waals surface area contributed by atoms with E-state index in [9.17, 15) is 18.4 Å². The molecule has 32 heavy (non-hydrogen) atoms. The fraction of sp³-hybridized carbons (Fsp3) is 0.417. The molecule has 0 fully saturated rings. The van der Waals surface area contributed by atoms with Gasteiger partial charge in [-0.3, -0.25) is 14.5 Å². The number of benzene rings is 2. The number of carbonyl (C=O) groups excluding carboxylic acids is 1. The van der Waals surface area contributed by atoms with Crippen molar-refractivity contribution in [2.45, 2.75) is 45.2 Å². The Morgan fingerprint density at radius 3 is 2.78 bits per heavy atom. The van der Waals surface area contributed by atoms with Gasteiger partial charge in [0.15, 0.2) is 11.6 Å². The number of nitrogens with zero attached hydrogens (tertiary/aromatic N) is 1. The van der Waals surface area contributed by atoms with Crippen molar-refractivity contribution >= 4 is 11.9 Å². The number of rotatable bonds is 5. The maximum absolute atomic E-state index is 14.3. The van der Waals surface area contributed by atoms with E-state index in [0.29, 0.717) is 25.3 Å². The van der Waals surface area contributed by atoms with Gasteiger partial charge in [-0.2, -0.15) is 0 Å². The van der Waals surface area contributed by atoms with Crippen molar-refractivity contribution in [2.75, 3.05) is 19.7 Å². The van der Waals surface area contributed by atoms with Crippen LogP contribution >= 0.6 is 0 Å². The second kappa shape index (κ2) is 11.6. The Hall–Kier alpha value is -3.00. The van der Waals surface area contributed by atoms with Gasteiger partial charge in [-0.15, -0.1) is 0 Å². The van der Waals surface area contributed by atoms with E-state index in [4.69, 9.17) is 9.84 Å². The highest BCUT2D eigenvalue weighted by Gasteiger charge is 2.18. The summed E-state index contributed by atoms with van der Waals surface area (Å²) in [5.41, 5.74) is 1.77. The van der Waals surface area contributed by atoms with E-state index in [1.807, 2.05) is 18.2 Å². The summed E-state index contributed by atoms with van der Waals surface area (Å²) < 4.78 is 34.0. The molecule has 0 aliphatic carbocycles. The highest BCUT2D eigenvalue weighted by atomic mass is 19.2. The van der Waals surface area contributed by atoms with Crippen LogP contribution in [0.3, 0.4) is 0 Å². The number of carbonyl (C=O) groups is 2. The number of carboxylic acids is 1. The number of ether oxygens (including phenoxy) is 1. The zero-order valence-electron chi connectivity index (χ0n) is 17.9. The first-order valence-electron chi connectivity index (χ1n) is 10.8. The molecule has 1 aliphatic rings. The Balaban J connectivity index is 1.89. The Kier molecular flexibility index (Phi) is 8.56. The lowest BCUT2D eigenvalue weighted by Crippen LogP contribution is -2.37. The Morgan fingerprint density at radius 2 is 1.97 bits per heavy atom. The van der Waals surface area contributed by atoms with Crippen molar-refractivity contribution in [3.8, 4) is 5.75 Å². The summed E-state index contributed by atoms with van der Waals surface area (Å²) in [7, 11) is 0. The third-order valence-corrected chi connectivity index (χ3v) is 5.34. The van der Waals surface area contributed by atoms with Crippen LogP contribution in [0.5, 0.6) is 5.75 Å². The maximum atomic E-state index is 14.3. The molecule has 0 saturated heterocycles. The minimum atomic E-state index is -0.933. The molecule has 0 saturated carbocycles. The minimum absolute atomic E-state index is 0.000265. The Morgan fingerprint density at radius 1 is 1.12 bits per heavy atom. The maximum Gasteiger partial charge on any atom is 0.303 e. The molecule has 2 N–H and O–H groups in total. The normalized spacial score (nSPS) is 16.0. The summed E-state index contributed by atoms with van der Waals surface area (Å²) >= 11 is 0. The molecular formula is C24H28F2N2O4. The standard InChI is InChI=1S/C24H28F2N2O4/c25-20-6-4-5-18(24(20)26)14-28-15-19-13-17(8-10-23(30)31)7-9-21(19)32-12-3-1-2-11-27-22(29)16-28/h4-7,9,13H,1-3,8,10-12,14-16H2,(H,27,29)(H,30,31). The third-order valence-electron chi connectivity index (χ3n) is 5.34. The third kappa shape index (κ3) is 7.02. The van der Waals surface area contributed by atoms with Crippen molar-refractivity contribution in [1.29, 1.82) is 0 Å². The van der Waals surface area contributed by atoms with Gasteiger partial charge >= 0.3 is 5.97 Å². The monoisotopic (exact) mass is 446 g/mol. The zero-order chi connectivity index (χ0) is 22.9. The quantitative estimate of drug-likeness (QED) is 0.733. The Labute approximate surface area is 186 Å². The van der Waals surface area contributed by atoms with E-state index in [0.717, 1.165) is 36.5 Å². The molecule has 0 radical (unpaired) electrons. The zero-order valence-corrected chi connectivity index (χ0v) is 17.9. The van der Waals surface area contributed by atoms with Crippen molar-refractivity contribution in [3.05, 3.63) is 64.7 Å². The molecule has 1 amide bonds. The van der Waals surface area contributed by atoms with Crippen molar-refractivity contribution in [1.82, 2.24) is 10.2 Å². The first kappa shape index (κ1) is 23.7. The fourth-order valence-electron chi connectivity index (χ4n) is 3.70. The van der Waals surface area contributed by atoms with Gasteiger partial charge < -0.3 is 15.2 Å². The van der Waals surface area contributed by atoms with Crippen molar-refractivity contribution in [2.24, 2.45) is 0 Å². The fourth-order valence-corrected chi connectivity index (χ4v) is 3.70. The molecule has 6 nitrogen and oxygen atoms in total. The average Bonchev–Trinajstić information content (AvgIpc) is 2.76. The topological polar surface area (TPSA) is 78.9 Å². The number of halogens is 2. The highest BCUT2D eigenvalue weighted by molar-refractivity contribution is 5.78. The van der Waals surface area contributed by atoms with Crippen LogP contribution in [-0.4, -0.2) is 41.6 Å². The number of hydrogen-bond donors (Lipinski definition) is 2. The van der Waals surface area contributed by atoms with Gasteiger partial charge in [0.05, 0.1) is 13.2 Å². The summed E-state index contributed by atoms with van der Waals surface area (Å²) in [6.07, 6.45) is 2.94. The highest BCUT2D eigenvalue weighted by Crippen LogP contribution is 2.25. The lowest BCUT2D eigenvalue weighted by Gasteiger charge is -2.24. The van der Waals surface area contributed by atoms with Gasteiger partial charge in [-0.1, -0.05) is 24.3 Å². The first-order valence-corrected chi connectivity index (χ1v) is 10.8.